The molecule has 0 aliphatic carbocycles. The fourth-order valence-corrected chi connectivity index (χ4v) is 1.17. The summed E-state index contributed by atoms with van der Waals surface area (Å²) < 4.78 is 9.91. The lowest BCUT2D eigenvalue weighted by molar-refractivity contribution is -0.253. The van der Waals surface area contributed by atoms with Crippen LogP contribution in [0, 0.1) is 0 Å². The Bertz CT molecular complexity index is 383. The van der Waals surface area contributed by atoms with Crippen LogP contribution in [0.3, 0.4) is 0 Å². The summed E-state index contributed by atoms with van der Waals surface area (Å²) in [6.45, 7) is 11.1. The van der Waals surface area contributed by atoms with E-state index in [1.54, 1.807) is 41.5 Å². The van der Waals surface area contributed by atoms with Crippen molar-refractivity contribution >= 4 is 6.16 Å². The Kier molecular flexibility index (Phi) is 7.99. The predicted octanol–water partition coefficient (Wildman–Crippen LogP) is 4.41. The maximum atomic E-state index is 11.0. The first-order chi connectivity index (χ1) is 9.53. The van der Waals surface area contributed by atoms with Crippen molar-refractivity contribution in [2.45, 2.75) is 59.4 Å². The SMILES string of the molecule is CC(C)(C)OC(=O)OC(C)(C)C.OOCc1ccccc1. The lowest BCUT2D eigenvalue weighted by atomic mass is 10.2. The Balaban J connectivity index is 0.000000394. The quantitative estimate of drug-likeness (QED) is 0.497. The van der Waals surface area contributed by atoms with Gasteiger partial charge in [-0.3, -0.25) is 5.26 Å². The lowest BCUT2D eigenvalue weighted by Gasteiger charge is -2.24. The molecule has 120 valence electrons. The second-order valence-electron chi connectivity index (χ2n) is 6.44. The molecular weight excluding hydrogens is 272 g/mol. The molecule has 0 aliphatic heterocycles. The van der Waals surface area contributed by atoms with Crippen molar-refractivity contribution in [3.8, 4) is 0 Å². The van der Waals surface area contributed by atoms with Crippen LogP contribution in [0.4, 0.5) is 4.79 Å². The summed E-state index contributed by atoms with van der Waals surface area (Å²) >= 11 is 0. The van der Waals surface area contributed by atoms with Crippen molar-refractivity contribution in [2.75, 3.05) is 0 Å². The zero-order chi connectivity index (χ0) is 16.5. The minimum atomic E-state index is -0.616. The van der Waals surface area contributed by atoms with Crippen molar-refractivity contribution in [3.63, 3.8) is 0 Å². The number of rotatable bonds is 2. The van der Waals surface area contributed by atoms with E-state index in [0.717, 1.165) is 5.56 Å². The highest BCUT2D eigenvalue weighted by atomic mass is 17.1. The molecule has 0 amide bonds. The molecule has 0 aliphatic rings. The highest BCUT2D eigenvalue weighted by Crippen LogP contribution is 2.13. The van der Waals surface area contributed by atoms with Gasteiger partial charge in [0.2, 0.25) is 0 Å². The van der Waals surface area contributed by atoms with Gasteiger partial charge < -0.3 is 9.47 Å². The van der Waals surface area contributed by atoms with Crippen LogP contribution in [-0.4, -0.2) is 22.6 Å². The molecule has 1 aromatic carbocycles. The van der Waals surface area contributed by atoms with Gasteiger partial charge in [-0.15, -0.1) is 0 Å². The molecule has 0 bridgehead atoms. The van der Waals surface area contributed by atoms with Gasteiger partial charge in [0.15, 0.2) is 0 Å². The van der Waals surface area contributed by atoms with Crippen molar-refractivity contribution < 1.29 is 24.4 Å². The topological polar surface area (TPSA) is 65.0 Å². The average Bonchev–Trinajstić information content (AvgIpc) is 2.26. The van der Waals surface area contributed by atoms with Crippen LogP contribution in [0.2, 0.25) is 0 Å². The van der Waals surface area contributed by atoms with Gasteiger partial charge in [0, 0.05) is 0 Å². The molecule has 0 aromatic heterocycles. The standard InChI is InChI=1S/C9H18O3.C7H8O2/c1-8(2,3)11-7(10)12-9(4,5)6;8-9-6-7-4-2-1-3-5-7/h1-6H3;1-5,8H,6H2. The summed E-state index contributed by atoms with van der Waals surface area (Å²) in [7, 11) is 0. The number of carbonyl (C=O) groups is 1. The van der Waals surface area contributed by atoms with Gasteiger partial charge in [-0.1, -0.05) is 30.3 Å². The van der Waals surface area contributed by atoms with Crippen LogP contribution in [-0.2, 0) is 21.0 Å². The van der Waals surface area contributed by atoms with Gasteiger partial charge in [-0.25, -0.2) is 9.68 Å². The number of carbonyl (C=O) groups excluding carboxylic acids is 1. The molecule has 0 heterocycles. The second kappa shape index (κ2) is 8.64. The van der Waals surface area contributed by atoms with E-state index in [-0.39, 0.29) is 6.61 Å². The number of ether oxygens (including phenoxy) is 2. The fraction of sp³-hybridized carbons (Fsp3) is 0.562. The Morgan fingerprint density at radius 2 is 1.38 bits per heavy atom. The van der Waals surface area contributed by atoms with Gasteiger partial charge in [-0.2, -0.15) is 0 Å². The molecule has 0 spiro atoms. The molecular formula is C16H26O5. The highest BCUT2D eigenvalue weighted by molar-refractivity contribution is 5.61. The molecule has 1 aromatic rings. The van der Waals surface area contributed by atoms with Crippen LogP contribution < -0.4 is 0 Å². The van der Waals surface area contributed by atoms with Crippen LogP contribution in [0.5, 0.6) is 0 Å². The van der Waals surface area contributed by atoms with Crippen molar-refractivity contribution in [2.24, 2.45) is 0 Å². The molecule has 0 unspecified atom stereocenters. The Labute approximate surface area is 126 Å². The smallest absolute Gasteiger partial charge is 0.429 e. The largest absolute Gasteiger partial charge is 0.509 e. The Hall–Kier alpha value is -1.59. The molecule has 0 radical (unpaired) electrons. The summed E-state index contributed by atoms with van der Waals surface area (Å²) in [5.74, 6) is 0. The maximum absolute atomic E-state index is 11.0. The summed E-state index contributed by atoms with van der Waals surface area (Å²) in [6.07, 6.45) is -0.616. The van der Waals surface area contributed by atoms with Crippen LogP contribution in [0.25, 0.3) is 0 Å². The third kappa shape index (κ3) is 13.2. The molecule has 21 heavy (non-hydrogen) atoms. The van der Waals surface area contributed by atoms with E-state index in [1.165, 1.54) is 0 Å². The molecule has 0 atom stereocenters. The predicted molar refractivity (Wildman–Crippen MR) is 80.9 cm³/mol. The Morgan fingerprint density at radius 1 is 0.952 bits per heavy atom. The van der Waals surface area contributed by atoms with Crippen molar-refractivity contribution in [3.05, 3.63) is 35.9 Å². The first-order valence-electron chi connectivity index (χ1n) is 6.76. The normalized spacial score (nSPS) is 11.2. The number of hydrogen-bond acceptors (Lipinski definition) is 5. The zero-order valence-corrected chi connectivity index (χ0v) is 13.7. The Morgan fingerprint density at radius 3 is 1.71 bits per heavy atom. The van der Waals surface area contributed by atoms with Gasteiger partial charge in [-0.05, 0) is 47.1 Å². The summed E-state index contributed by atoms with van der Waals surface area (Å²) in [4.78, 5) is 15.0. The summed E-state index contributed by atoms with van der Waals surface area (Å²) in [5.41, 5.74) is 0.00463. The van der Waals surface area contributed by atoms with E-state index >= 15 is 0 Å². The molecule has 0 saturated carbocycles. The van der Waals surface area contributed by atoms with Crippen LogP contribution >= 0.6 is 0 Å². The minimum absolute atomic E-state index is 0.265. The zero-order valence-electron chi connectivity index (χ0n) is 13.7. The van der Waals surface area contributed by atoms with Crippen molar-refractivity contribution in [1.29, 1.82) is 0 Å². The van der Waals surface area contributed by atoms with E-state index in [2.05, 4.69) is 4.89 Å². The first kappa shape index (κ1) is 19.4. The highest BCUT2D eigenvalue weighted by Gasteiger charge is 2.22. The molecule has 0 saturated heterocycles. The van der Waals surface area contributed by atoms with E-state index in [0.29, 0.717) is 0 Å². The lowest BCUT2D eigenvalue weighted by Crippen LogP contribution is -2.30. The van der Waals surface area contributed by atoms with Gasteiger partial charge >= 0.3 is 6.16 Å². The van der Waals surface area contributed by atoms with E-state index in [4.69, 9.17) is 14.7 Å². The monoisotopic (exact) mass is 298 g/mol. The molecule has 5 heteroatoms. The van der Waals surface area contributed by atoms with Gasteiger partial charge in [0.05, 0.1) is 0 Å². The molecule has 5 nitrogen and oxygen atoms in total. The third-order valence-electron chi connectivity index (χ3n) is 1.85. The summed E-state index contributed by atoms with van der Waals surface area (Å²) in [6, 6.07) is 9.48. The average molecular weight is 298 g/mol. The van der Waals surface area contributed by atoms with Crippen LogP contribution in [0.15, 0.2) is 30.3 Å². The first-order valence-corrected chi connectivity index (χ1v) is 6.76. The second-order valence-corrected chi connectivity index (χ2v) is 6.44. The molecule has 1 rings (SSSR count). The molecule has 1 N–H and O–H groups in total. The number of hydrogen-bond donors (Lipinski definition) is 1. The van der Waals surface area contributed by atoms with E-state index in [1.807, 2.05) is 30.3 Å². The van der Waals surface area contributed by atoms with E-state index in [9.17, 15) is 4.79 Å². The third-order valence-corrected chi connectivity index (χ3v) is 1.85. The summed E-state index contributed by atoms with van der Waals surface area (Å²) in [5, 5.41) is 8.02. The molecule has 0 fully saturated rings. The van der Waals surface area contributed by atoms with Crippen LogP contribution in [0.1, 0.15) is 47.1 Å². The van der Waals surface area contributed by atoms with Gasteiger partial charge in [0.1, 0.15) is 17.8 Å². The fourth-order valence-electron chi connectivity index (χ4n) is 1.17. The van der Waals surface area contributed by atoms with Crippen molar-refractivity contribution in [1.82, 2.24) is 0 Å². The minimum Gasteiger partial charge on any atom is -0.429 e. The maximum Gasteiger partial charge on any atom is 0.509 e. The number of benzene rings is 1. The van der Waals surface area contributed by atoms with Gasteiger partial charge in [0.25, 0.3) is 0 Å². The van der Waals surface area contributed by atoms with E-state index < -0.39 is 17.4 Å².